The van der Waals surface area contributed by atoms with Gasteiger partial charge in [-0.3, -0.25) is 0 Å². The first kappa shape index (κ1) is 10.0. The van der Waals surface area contributed by atoms with Crippen molar-refractivity contribution in [3.63, 3.8) is 0 Å². The van der Waals surface area contributed by atoms with Crippen molar-refractivity contribution in [2.75, 3.05) is 0 Å². The van der Waals surface area contributed by atoms with Gasteiger partial charge in [-0.25, -0.2) is 0 Å². The molecule has 0 bridgehead atoms. The highest BCUT2D eigenvalue weighted by Crippen LogP contribution is 2.38. The van der Waals surface area contributed by atoms with E-state index < -0.39 is 0 Å². The fraction of sp³-hybridized carbons (Fsp3) is 1.00. The SMILES string of the molecule is CC(C)CC(C)CCC1(N)CC1. The van der Waals surface area contributed by atoms with Crippen molar-refractivity contribution in [2.24, 2.45) is 17.6 Å². The molecule has 0 saturated heterocycles. The van der Waals surface area contributed by atoms with Crippen LogP contribution in [0.25, 0.3) is 0 Å². The summed E-state index contributed by atoms with van der Waals surface area (Å²) in [6.45, 7) is 6.95. The molecule has 2 N–H and O–H groups in total. The van der Waals surface area contributed by atoms with Crippen LogP contribution in [-0.4, -0.2) is 5.54 Å². The second kappa shape index (κ2) is 3.78. The lowest BCUT2D eigenvalue weighted by Gasteiger charge is -2.16. The van der Waals surface area contributed by atoms with Crippen LogP contribution in [0.4, 0.5) is 0 Å². The Morgan fingerprint density at radius 1 is 1.25 bits per heavy atom. The van der Waals surface area contributed by atoms with Crippen LogP contribution < -0.4 is 5.73 Å². The summed E-state index contributed by atoms with van der Waals surface area (Å²) in [5.41, 5.74) is 6.29. The summed E-state index contributed by atoms with van der Waals surface area (Å²) in [6, 6.07) is 0. The Kier molecular flexibility index (Phi) is 3.16. The van der Waals surface area contributed by atoms with Gasteiger partial charge in [-0.1, -0.05) is 20.8 Å². The van der Waals surface area contributed by atoms with E-state index in [1.807, 2.05) is 0 Å². The molecular weight excluding hydrogens is 146 g/mol. The zero-order valence-electron chi connectivity index (χ0n) is 8.77. The first-order valence-corrected chi connectivity index (χ1v) is 5.31. The first-order chi connectivity index (χ1) is 5.52. The van der Waals surface area contributed by atoms with Crippen molar-refractivity contribution < 1.29 is 0 Å². The van der Waals surface area contributed by atoms with E-state index in [-0.39, 0.29) is 5.54 Å². The van der Waals surface area contributed by atoms with Gasteiger partial charge in [0.2, 0.25) is 0 Å². The average Bonchev–Trinajstić information content (AvgIpc) is 2.64. The van der Waals surface area contributed by atoms with Gasteiger partial charge in [-0.15, -0.1) is 0 Å². The molecule has 0 aromatic heterocycles. The maximum atomic E-state index is 6.03. The Hall–Kier alpha value is -0.0400. The van der Waals surface area contributed by atoms with E-state index in [9.17, 15) is 0 Å². The fourth-order valence-electron chi connectivity index (χ4n) is 1.87. The summed E-state index contributed by atoms with van der Waals surface area (Å²) < 4.78 is 0. The third-order valence-electron chi connectivity index (χ3n) is 2.90. The van der Waals surface area contributed by atoms with Crippen molar-refractivity contribution in [1.29, 1.82) is 0 Å². The summed E-state index contributed by atoms with van der Waals surface area (Å²) in [6.07, 6.45) is 6.47. The average molecular weight is 169 g/mol. The first-order valence-electron chi connectivity index (χ1n) is 5.31. The Bertz CT molecular complexity index is 136. The zero-order valence-corrected chi connectivity index (χ0v) is 8.77. The summed E-state index contributed by atoms with van der Waals surface area (Å²) in [5.74, 6) is 1.71. The normalized spacial score (nSPS) is 22.8. The largest absolute Gasteiger partial charge is 0.325 e. The second-order valence-electron chi connectivity index (χ2n) is 5.14. The van der Waals surface area contributed by atoms with Crippen LogP contribution in [0.15, 0.2) is 0 Å². The molecule has 0 heterocycles. The van der Waals surface area contributed by atoms with Crippen molar-refractivity contribution in [3.8, 4) is 0 Å². The molecule has 1 atom stereocenters. The number of hydrogen-bond donors (Lipinski definition) is 1. The van der Waals surface area contributed by atoms with Gasteiger partial charge >= 0.3 is 0 Å². The van der Waals surface area contributed by atoms with E-state index in [1.165, 1.54) is 32.1 Å². The molecule has 1 nitrogen and oxygen atoms in total. The maximum absolute atomic E-state index is 6.03. The molecule has 1 aliphatic carbocycles. The van der Waals surface area contributed by atoms with Gasteiger partial charge in [0.1, 0.15) is 0 Å². The third-order valence-corrected chi connectivity index (χ3v) is 2.90. The molecule has 0 aromatic rings. The minimum atomic E-state index is 0.269. The minimum Gasteiger partial charge on any atom is -0.325 e. The Morgan fingerprint density at radius 3 is 2.25 bits per heavy atom. The van der Waals surface area contributed by atoms with Crippen molar-refractivity contribution in [3.05, 3.63) is 0 Å². The predicted octanol–water partition coefficient (Wildman–Crippen LogP) is 2.94. The van der Waals surface area contributed by atoms with Gasteiger partial charge in [-0.2, -0.15) is 0 Å². The molecule has 12 heavy (non-hydrogen) atoms. The molecule has 1 aliphatic rings. The molecule has 1 saturated carbocycles. The van der Waals surface area contributed by atoms with E-state index in [0.717, 1.165) is 11.8 Å². The van der Waals surface area contributed by atoms with Crippen LogP contribution in [-0.2, 0) is 0 Å². The molecule has 1 rings (SSSR count). The highest BCUT2D eigenvalue weighted by molar-refractivity contribution is 4.98. The Morgan fingerprint density at radius 2 is 1.83 bits per heavy atom. The van der Waals surface area contributed by atoms with Gasteiger partial charge in [0.05, 0.1) is 0 Å². The fourth-order valence-corrected chi connectivity index (χ4v) is 1.87. The highest BCUT2D eigenvalue weighted by Gasteiger charge is 2.37. The Balaban J connectivity index is 2.06. The molecule has 0 spiro atoms. The molecule has 1 fully saturated rings. The monoisotopic (exact) mass is 169 g/mol. The van der Waals surface area contributed by atoms with Crippen LogP contribution in [0.5, 0.6) is 0 Å². The molecule has 0 aliphatic heterocycles. The predicted molar refractivity (Wildman–Crippen MR) is 54.0 cm³/mol. The maximum Gasteiger partial charge on any atom is 0.0155 e. The molecule has 0 amide bonds. The van der Waals surface area contributed by atoms with Gasteiger partial charge in [0.15, 0.2) is 0 Å². The van der Waals surface area contributed by atoms with Crippen LogP contribution in [0.2, 0.25) is 0 Å². The van der Waals surface area contributed by atoms with Crippen molar-refractivity contribution in [1.82, 2.24) is 0 Å². The van der Waals surface area contributed by atoms with Crippen LogP contribution in [0.1, 0.15) is 52.9 Å². The quantitative estimate of drug-likeness (QED) is 0.673. The summed E-state index contributed by atoms with van der Waals surface area (Å²) >= 11 is 0. The Labute approximate surface area is 76.7 Å². The summed E-state index contributed by atoms with van der Waals surface area (Å²) in [4.78, 5) is 0. The van der Waals surface area contributed by atoms with Crippen molar-refractivity contribution >= 4 is 0 Å². The minimum absolute atomic E-state index is 0.269. The summed E-state index contributed by atoms with van der Waals surface area (Å²) in [7, 11) is 0. The zero-order chi connectivity index (χ0) is 9.19. The lowest BCUT2D eigenvalue weighted by atomic mass is 9.92. The van der Waals surface area contributed by atoms with E-state index in [0.29, 0.717) is 0 Å². The van der Waals surface area contributed by atoms with Gasteiger partial charge in [-0.05, 0) is 43.9 Å². The van der Waals surface area contributed by atoms with Crippen molar-refractivity contribution in [2.45, 2.75) is 58.4 Å². The number of nitrogens with two attached hydrogens (primary N) is 1. The second-order valence-corrected chi connectivity index (χ2v) is 5.14. The van der Waals surface area contributed by atoms with E-state index in [4.69, 9.17) is 5.73 Å². The van der Waals surface area contributed by atoms with Gasteiger partial charge in [0.25, 0.3) is 0 Å². The highest BCUT2D eigenvalue weighted by atomic mass is 14.8. The molecule has 1 heteroatoms. The topological polar surface area (TPSA) is 26.0 Å². The molecule has 72 valence electrons. The summed E-state index contributed by atoms with van der Waals surface area (Å²) in [5, 5.41) is 0. The van der Waals surface area contributed by atoms with Crippen LogP contribution in [0.3, 0.4) is 0 Å². The molecular formula is C11H23N. The molecule has 0 aromatic carbocycles. The lowest BCUT2D eigenvalue weighted by molar-refractivity contribution is 0.385. The van der Waals surface area contributed by atoms with Gasteiger partial charge < -0.3 is 5.73 Å². The third kappa shape index (κ3) is 3.57. The van der Waals surface area contributed by atoms with Crippen LogP contribution >= 0.6 is 0 Å². The van der Waals surface area contributed by atoms with E-state index in [1.54, 1.807) is 0 Å². The molecule has 1 unspecified atom stereocenters. The van der Waals surface area contributed by atoms with E-state index in [2.05, 4.69) is 20.8 Å². The number of rotatable bonds is 5. The number of hydrogen-bond acceptors (Lipinski definition) is 1. The molecule has 0 radical (unpaired) electrons. The lowest BCUT2D eigenvalue weighted by Crippen LogP contribution is -2.22. The standard InChI is InChI=1S/C11H23N/c1-9(2)8-10(3)4-5-11(12)6-7-11/h9-10H,4-8,12H2,1-3H3. The smallest absolute Gasteiger partial charge is 0.0155 e. The van der Waals surface area contributed by atoms with Crippen LogP contribution in [0, 0.1) is 11.8 Å². The van der Waals surface area contributed by atoms with Gasteiger partial charge in [0, 0.05) is 5.54 Å². The van der Waals surface area contributed by atoms with E-state index >= 15 is 0 Å².